The quantitative estimate of drug-likeness (QED) is 0.305. The number of amides is 1. The lowest BCUT2D eigenvalue weighted by Gasteiger charge is -2.07. The highest BCUT2D eigenvalue weighted by Gasteiger charge is 2.19. The van der Waals surface area contributed by atoms with Crippen molar-refractivity contribution < 1.29 is 14.3 Å². The Labute approximate surface area is 201 Å². The van der Waals surface area contributed by atoms with Gasteiger partial charge in [0.2, 0.25) is 5.91 Å². The van der Waals surface area contributed by atoms with E-state index in [0.29, 0.717) is 28.8 Å². The zero-order valence-electron chi connectivity index (χ0n) is 19.1. The summed E-state index contributed by atoms with van der Waals surface area (Å²) in [5, 5.41) is 16.7. The highest BCUT2D eigenvalue weighted by Crippen LogP contribution is 2.31. The highest BCUT2D eigenvalue weighted by molar-refractivity contribution is 7.99. The number of aryl methyl sites for hydroxylation is 1. The van der Waals surface area contributed by atoms with Gasteiger partial charge in [-0.25, -0.2) is 4.79 Å². The fourth-order valence-electron chi connectivity index (χ4n) is 3.37. The highest BCUT2D eigenvalue weighted by atomic mass is 32.2. The second-order valence-corrected chi connectivity index (χ2v) is 8.37. The number of hydrogen-bond acceptors (Lipinski definition) is 7. The molecule has 4 rings (SSSR count). The number of aromatic nitrogens is 5. The van der Waals surface area contributed by atoms with Crippen LogP contribution in [0.1, 0.15) is 17.3 Å². The van der Waals surface area contributed by atoms with Crippen molar-refractivity contribution in [3.8, 4) is 22.6 Å². The van der Waals surface area contributed by atoms with Gasteiger partial charge in [0, 0.05) is 31.5 Å². The second kappa shape index (κ2) is 10.3. The summed E-state index contributed by atoms with van der Waals surface area (Å²) in [6.45, 7) is 2.07. The predicted molar refractivity (Wildman–Crippen MR) is 130 cm³/mol. The van der Waals surface area contributed by atoms with Crippen LogP contribution in [0, 0.1) is 0 Å². The summed E-state index contributed by atoms with van der Waals surface area (Å²) in [6, 6.07) is 16.5. The summed E-state index contributed by atoms with van der Waals surface area (Å²) in [5.74, 6) is 0.247. The van der Waals surface area contributed by atoms with E-state index in [1.807, 2.05) is 55.2 Å². The Morgan fingerprint density at radius 1 is 1.03 bits per heavy atom. The van der Waals surface area contributed by atoms with Crippen molar-refractivity contribution in [2.24, 2.45) is 14.1 Å². The van der Waals surface area contributed by atoms with Gasteiger partial charge in [-0.2, -0.15) is 5.10 Å². The maximum absolute atomic E-state index is 12.4. The van der Waals surface area contributed by atoms with Gasteiger partial charge in [0.15, 0.2) is 11.0 Å². The van der Waals surface area contributed by atoms with E-state index >= 15 is 0 Å². The van der Waals surface area contributed by atoms with Gasteiger partial charge >= 0.3 is 5.97 Å². The van der Waals surface area contributed by atoms with Crippen molar-refractivity contribution in [2.75, 3.05) is 17.7 Å². The van der Waals surface area contributed by atoms with Crippen LogP contribution < -0.4 is 5.32 Å². The predicted octanol–water partition coefficient (Wildman–Crippen LogP) is 3.79. The molecule has 0 aliphatic rings. The molecule has 2 heterocycles. The van der Waals surface area contributed by atoms with Crippen LogP contribution in [0.2, 0.25) is 0 Å². The van der Waals surface area contributed by atoms with E-state index in [1.165, 1.54) is 11.8 Å². The molecular weight excluding hydrogens is 452 g/mol. The Morgan fingerprint density at radius 2 is 1.76 bits per heavy atom. The van der Waals surface area contributed by atoms with E-state index in [-0.39, 0.29) is 11.7 Å². The topological polar surface area (TPSA) is 104 Å². The van der Waals surface area contributed by atoms with Crippen molar-refractivity contribution in [2.45, 2.75) is 12.1 Å². The molecule has 0 saturated carbocycles. The van der Waals surface area contributed by atoms with Crippen molar-refractivity contribution in [1.29, 1.82) is 0 Å². The van der Waals surface area contributed by atoms with Crippen LogP contribution in [0.15, 0.2) is 66.0 Å². The average Bonchev–Trinajstić information content (AvgIpc) is 3.40. The molecule has 0 aliphatic heterocycles. The smallest absolute Gasteiger partial charge is 0.338 e. The fourth-order valence-corrected chi connectivity index (χ4v) is 4.08. The lowest BCUT2D eigenvalue weighted by atomic mass is 10.1. The summed E-state index contributed by atoms with van der Waals surface area (Å²) >= 11 is 1.29. The van der Waals surface area contributed by atoms with Crippen LogP contribution in [0.3, 0.4) is 0 Å². The third-order valence-corrected chi connectivity index (χ3v) is 5.98. The molecule has 1 N–H and O–H groups in total. The SMILES string of the molecule is CCOC(=O)c1ccc(NC(=O)CSc2nnc(-c3cn(C)nc3-c3ccccc3)n2C)cc1. The summed E-state index contributed by atoms with van der Waals surface area (Å²) in [4.78, 5) is 24.2. The van der Waals surface area contributed by atoms with E-state index in [0.717, 1.165) is 16.8 Å². The third-order valence-electron chi connectivity index (χ3n) is 4.96. The zero-order valence-corrected chi connectivity index (χ0v) is 19.9. The molecule has 0 unspecified atom stereocenters. The number of hydrogen-bond donors (Lipinski definition) is 1. The minimum absolute atomic E-state index is 0.157. The second-order valence-electron chi connectivity index (χ2n) is 7.43. The minimum Gasteiger partial charge on any atom is -0.462 e. The molecule has 2 aromatic heterocycles. The number of nitrogens with one attached hydrogen (secondary N) is 1. The van der Waals surface area contributed by atoms with Crippen molar-refractivity contribution in [1.82, 2.24) is 24.5 Å². The molecular formula is C24H24N6O3S. The number of anilines is 1. The monoisotopic (exact) mass is 476 g/mol. The van der Waals surface area contributed by atoms with E-state index in [9.17, 15) is 9.59 Å². The lowest BCUT2D eigenvalue weighted by molar-refractivity contribution is -0.113. The first-order valence-corrected chi connectivity index (χ1v) is 11.6. The molecule has 4 aromatic rings. The first-order valence-electron chi connectivity index (χ1n) is 10.6. The first kappa shape index (κ1) is 23.2. The van der Waals surface area contributed by atoms with Gasteiger partial charge in [-0.1, -0.05) is 42.1 Å². The van der Waals surface area contributed by atoms with Gasteiger partial charge < -0.3 is 14.6 Å². The molecule has 34 heavy (non-hydrogen) atoms. The van der Waals surface area contributed by atoms with E-state index in [1.54, 1.807) is 35.9 Å². The number of carbonyl (C=O) groups is 2. The third kappa shape index (κ3) is 5.18. The largest absolute Gasteiger partial charge is 0.462 e. The molecule has 0 aliphatic carbocycles. The van der Waals surface area contributed by atoms with Gasteiger partial charge in [-0.15, -0.1) is 10.2 Å². The number of rotatable bonds is 8. The molecule has 9 nitrogen and oxygen atoms in total. The Morgan fingerprint density at radius 3 is 2.47 bits per heavy atom. The zero-order chi connectivity index (χ0) is 24.1. The normalized spacial score (nSPS) is 10.8. The average molecular weight is 477 g/mol. The number of nitrogens with zero attached hydrogens (tertiary/aromatic N) is 5. The molecule has 0 saturated heterocycles. The van der Waals surface area contributed by atoms with Gasteiger partial charge in [-0.3, -0.25) is 9.48 Å². The van der Waals surface area contributed by atoms with Crippen molar-refractivity contribution in [3.05, 3.63) is 66.4 Å². The van der Waals surface area contributed by atoms with Crippen molar-refractivity contribution >= 4 is 29.3 Å². The Kier molecular flexibility index (Phi) is 7.07. The Balaban J connectivity index is 1.42. The fraction of sp³-hybridized carbons (Fsp3) is 0.208. The molecule has 2 aromatic carbocycles. The number of carbonyl (C=O) groups excluding carboxylic acids is 2. The van der Waals surface area contributed by atoms with E-state index in [4.69, 9.17) is 4.74 Å². The van der Waals surface area contributed by atoms with Crippen LogP contribution in [-0.2, 0) is 23.6 Å². The number of esters is 1. The van der Waals surface area contributed by atoms with Gasteiger partial charge in [-0.05, 0) is 31.2 Å². The molecule has 0 radical (unpaired) electrons. The van der Waals surface area contributed by atoms with E-state index < -0.39 is 5.97 Å². The lowest BCUT2D eigenvalue weighted by Crippen LogP contribution is -2.14. The molecule has 0 fully saturated rings. The summed E-state index contributed by atoms with van der Waals surface area (Å²) < 4.78 is 8.57. The molecule has 0 atom stereocenters. The maximum atomic E-state index is 12.4. The van der Waals surface area contributed by atoms with Gasteiger partial charge in [0.05, 0.1) is 23.5 Å². The maximum Gasteiger partial charge on any atom is 0.338 e. The number of benzene rings is 2. The standard InChI is InChI=1S/C24H24N6O3S/c1-4-33-23(32)17-10-12-18(13-11-17)25-20(31)15-34-24-27-26-22(30(24)3)19-14-29(2)28-21(19)16-8-6-5-7-9-16/h5-14H,4,15H2,1-3H3,(H,25,31). The van der Waals surface area contributed by atoms with Gasteiger partial charge in [0.25, 0.3) is 0 Å². The van der Waals surface area contributed by atoms with Crippen LogP contribution >= 0.6 is 11.8 Å². The summed E-state index contributed by atoms with van der Waals surface area (Å²) in [5.41, 5.74) is 3.70. The molecule has 174 valence electrons. The molecule has 0 bridgehead atoms. The number of ether oxygens (including phenoxy) is 1. The molecule has 10 heteroatoms. The molecule has 0 spiro atoms. The summed E-state index contributed by atoms with van der Waals surface area (Å²) in [6.07, 6.45) is 1.91. The Bertz CT molecular complexity index is 1300. The molecule has 1 amide bonds. The first-order chi connectivity index (χ1) is 16.5. The number of thioether (sulfide) groups is 1. The minimum atomic E-state index is -0.391. The van der Waals surface area contributed by atoms with Crippen LogP contribution in [0.5, 0.6) is 0 Å². The van der Waals surface area contributed by atoms with Gasteiger partial charge in [0.1, 0.15) is 5.69 Å². The van der Waals surface area contributed by atoms with Crippen molar-refractivity contribution in [3.63, 3.8) is 0 Å². The van der Waals surface area contributed by atoms with Crippen LogP contribution in [0.25, 0.3) is 22.6 Å². The van der Waals surface area contributed by atoms with Crippen LogP contribution in [0.4, 0.5) is 5.69 Å². The van der Waals surface area contributed by atoms with Crippen LogP contribution in [-0.4, -0.2) is 48.8 Å². The summed E-state index contributed by atoms with van der Waals surface area (Å²) in [7, 11) is 3.73. The Hall–Kier alpha value is -3.92. The van der Waals surface area contributed by atoms with E-state index in [2.05, 4.69) is 20.6 Å².